The van der Waals surface area contributed by atoms with Crippen molar-refractivity contribution in [2.24, 2.45) is 0 Å². The number of amides is 1. The van der Waals surface area contributed by atoms with E-state index in [9.17, 15) is 14.3 Å². The number of hydrogen-bond donors (Lipinski definition) is 2. The van der Waals surface area contributed by atoms with Crippen LogP contribution in [-0.2, 0) is 14.9 Å². The molecule has 0 radical (unpaired) electrons. The van der Waals surface area contributed by atoms with Gasteiger partial charge >= 0.3 is 0 Å². The summed E-state index contributed by atoms with van der Waals surface area (Å²) in [5, 5.41) is 13.2. The summed E-state index contributed by atoms with van der Waals surface area (Å²) in [6, 6.07) is 6.12. The van der Waals surface area contributed by atoms with Crippen LogP contribution in [0.25, 0.3) is 0 Å². The van der Waals surface area contributed by atoms with E-state index in [0.29, 0.717) is 18.4 Å². The summed E-state index contributed by atoms with van der Waals surface area (Å²) in [6.45, 7) is 0. The highest BCUT2D eigenvalue weighted by Crippen LogP contribution is 2.49. The molecule has 0 saturated heterocycles. The second-order valence-electron chi connectivity index (χ2n) is 6.34. The Kier molecular flexibility index (Phi) is 4.19. The molecular weight excluding hydrogens is 285 g/mol. The van der Waals surface area contributed by atoms with Crippen LogP contribution in [0.1, 0.15) is 37.7 Å². The molecule has 0 unspecified atom stereocenters. The number of halogens is 1. The van der Waals surface area contributed by atoms with E-state index in [1.165, 1.54) is 6.07 Å². The molecule has 22 heavy (non-hydrogen) atoms. The zero-order chi connectivity index (χ0) is 15.7. The summed E-state index contributed by atoms with van der Waals surface area (Å²) in [5.41, 5.74) is -0.300. The maximum absolute atomic E-state index is 14.0. The lowest BCUT2D eigenvalue weighted by Gasteiger charge is -2.35. The van der Waals surface area contributed by atoms with E-state index < -0.39 is 11.5 Å². The second kappa shape index (κ2) is 5.97. The molecule has 2 aliphatic rings. The fraction of sp³-hybridized carbons (Fsp3) is 0.588. The molecule has 120 valence electrons. The minimum Gasteiger partial charge on any atom is -0.388 e. The van der Waals surface area contributed by atoms with Crippen molar-refractivity contribution < 1.29 is 19.0 Å². The molecule has 0 bridgehead atoms. The van der Waals surface area contributed by atoms with Crippen molar-refractivity contribution in [1.82, 2.24) is 5.32 Å². The predicted octanol–water partition coefficient (Wildman–Crippen LogP) is 1.90. The van der Waals surface area contributed by atoms with Gasteiger partial charge < -0.3 is 15.2 Å². The van der Waals surface area contributed by atoms with Crippen molar-refractivity contribution in [3.05, 3.63) is 35.6 Å². The van der Waals surface area contributed by atoms with Crippen LogP contribution in [0.2, 0.25) is 0 Å². The maximum atomic E-state index is 14.0. The van der Waals surface area contributed by atoms with E-state index in [2.05, 4.69) is 5.32 Å². The fourth-order valence-corrected chi connectivity index (χ4v) is 3.45. The number of methoxy groups -OCH3 is 1. The van der Waals surface area contributed by atoms with Gasteiger partial charge in [0.2, 0.25) is 5.91 Å². The highest BCUT2D eigenvalue weighted by molar-refractivity contribution is 5.91. The molecule has 0 aliphatic heterocycles. The van der Waals surface area contributed by atoms with Gasteiger partial charge in [-0.1, -0.05) is 18.2 Å². The van der Waals surface area contributed by atoms with Gasteiger partial charge in [-0.15, -0.1) is 0 Å². The Morgan fingerprint density at radius 2 is 2.09 bits per heavy atom. The van der Waals surface area contributed by atoms with E-state index in [4.69, 9.17) is 4.74 Å². The highest BCUT2D eigenvalue weighted by atomic mass is 19.1. The lowest BCUT2D eigenvalue weighted by Crippen LogP contribution is -2.53. The van der Waals surface area contributed by atoms with Gasteiger partial charge in [-0.2, -0.15) is 0 Å². The van der Waals surface area contributed by atoms with Crippen LogP contribution < -0.4 is 5.32 Å². The SMILES string of the molecule is CO[C@@H]1CCC[C@@H](NC(=O)C2(c3ccccc3F)CC2)[C@H]1O. The number of benzene rings is 1. The molecule has 3 atom stereocenters. The Balaban J connectivity index is 1.73. The average molecular weight is 307 g/mol. The summed E-state index contributed by atoms with van der Waals surface area (Å²) in [7, 11) is 1.57. The summed E-state index contributed by atoms with van der Waals surface area (Å²) < 4.78 is 19.3. The number of rotatable bonds is 4. The molecule has 1 amide bonds. The first-order valence-electron chi connectivity index (χ1n) is 7.85. The lowest BCUT2D eigenvalue weighted by molar-refractivity contribution is -0.127. The third-order valence-corrected chi connectivity index (χ3v) is 4.99. The second-order valence-corrected chi connectivity index (χ2v) is 6.34. The van der Waals surface area contributed by atoms with Gasteiger partial charge in [-0.25, -0.2) is 4.39 Å². The van der Waals surface area contributed by atoms with E-state index in [-0.39, 0.29) is 23.9 Å². The molecule has 5 heteroatoms. The van der Waals surface area contributed by atoms with Crippen LogP contribution in [0.15, 0.2) is 24.3 Å². The molecule has 2 saturated carbocycles. The van der Waals surface area contributed by atoms with Gasteiger partial charge in [-0.3, -0.25) is 4.79 Å². The summed E-state index contributed by atoms with van der Waals surface area (Å²) in [4.78, 5) is 12.7. The Morgan fingerprint density at radius 1 is 1.36 bits per heavy atom. The summed E-state index contributed by atoms with van der Waals surface area (Å²) in [6.07, 6.45) is 2.75. The Bertz CT molecular complexity index is 559. The molecule has 0 spiro atoms. The molecule has 1 aromatic carbocycles. The first kappa shape index (κ1) is 15.4. The number of ether oxygens (including phenoxy) is 1. The molecule has 0 aromatic heterocycles. The van der Waals surface area contributed by atoms with Crippen molar-refractivity contribution in [3.8, 4) is 0 Å². The molecule has 3 rings (SSSR count). The van der Waals surface area contributed by atoms with Crippen molar-refractivity contribution >= 4 is 5.91 Å². The van der Waals surface area contributed by atoms with Gasteiger partial charge in [0, 0.05) is 12.7 Å². The number of hydrogen-bond acceptors (Lipinski definition) is 3. The highest BCUT2D eigenvalue weighted by Gasteiger charge is 2.53. The van der Waals surface area contributed by atoms with E-state index >= 15 is 0 Å². The maximum Gasteiger partial charge on any atom is 0.231 e. The molecular formula is C17H22FNO3. The van der Waals surface area contributed by atoms with Crippen LogP contribution in [0.4, 0.5) is 4.39 Å². The molecule has 2 N–H and O–H groups in total. The van der Waals surface area contributed by atoms with Gasteiger partial charge in [0.25, 0.3) is 0 Å². The monoisotopic (exact) mass is 307 g/mol. The third-order valence-electron chi connectivity index (χ3n) is 4.99. The summed E-state index contributed by atoms with van der Waals surface area (Å²) >= 11 is 0. The van der Waals surface area contributed by atoms with Crippen LogP contribution in [-0.4, -0.2) is 36.4 Å². The minimum absolute atomic E-state index is 0.182. The molecule has 4 nitrogen and oxygen atoms in total. The lowest BCUT2D eigenvalue weighted by atomic mass is 9.88. The molecule has 1 aromatic rings. The topological polar surface area (TPSA) is 58.6 Å². The fourth-order valence-electron chi connectivity index (χ4n) is 3.45. The van der Waals surface area contributed by atoms with Crippen molar-refractivity contribution in [2.75, 3.05) is 7.11 Å². The van der Waals surface area contributed by atoms with Gasteiger partial charge in [-0.05, 0) is 38.2 Å². The van der Waals surface area contributed by atoms with Crippen molar-refractivity contribution in [1.29, 1.82) is 0 Å². The quantitative estimate of drug-likeness (QED) is 0.893. The largest absolute Gasteiger partial charge is 0.388 e. The average Bonchev–Trinajstić information content (AvgIpc) is 3.31. The molecule has 2 aliphatic carbocycles. The smallest absolute Gasteiger partial charge is 0.231 e. The zero-order valence-corrected chi connectivity index (χ0v) is 12.7. The van der Waals surface area contributed by atoms with E-state index in [1.54, 1.807) is 25.3 Å². The standard InChI is InChI=1S/C17H22FNO3/c1-22-14-8-4-7-13(15(14)20)19-16(21)17(9-10-17)11-5-2-3-6-12(11)18/h2-3,5-6,13-15,20H,4,7-10H2,1H3,(H,19,21)/t13-,14-,15-/m1/s1. The Labute approximate surface area is 129 Å². The van der Waals surface area contributed by atoms with Gasteiger partial charge in [0.15, 0.2) is 0 Å². The van der Waals surface area contributed by atoms with Crippen LogP contribution in [0.3, 0.4) is 0 Å². The number of aliphatic hydroxyl groups excluding tert-OH is 1. The first-order valence-corrected chi connectivity index (χ1v) is 7.85. The Morgan fingerprint density at radius 3 is 2.73 bits per heavy atom. The molecule has 2 fully saturated rings. The molecule has 0 heterocycles. The van der Waals surface area contributed by atoms with Crippen LogP contribution in [0, 0.1) is 5.82 Å². The number of aliphatic hydroxyl groups is 1. The van der Waals surface area contributed by atoms with Gasteiger partial charge in [0.1, 0.15) is 11.9 Å². The Hall–Kier alpha value is -1.46. The van der Waals surface area contributed by atoms with Crippen LogP contribution >= 0.6 is 0 Å². The summed E-state index contributed by atoms with van der Waals surface area (Å²) in [5.74, 6) is -0.521. The van der Waals surface area contributed by atoms with E-state index in [1.807, 2.05) is 0 Å². The number of carbonyl (C=O) groups excluding carboxylic acids is 1. The van der Waals surface area contributed by atoms with E-state index in [0.717, 1.165) is 19.3 Å². The van der Waals surface area contributed by atoms with Crippen molar-refractivity contribution in [3.63, 3.8) is 0 Å². The minimum atomic E-state index is -0.759. The van der Waals surface area contributed by atoms with Crippen molar-refractivity contribution in [2.45, 2.75) is 55.8 Å². The normalized spacial score (nSPS) is 29.9. The zero-order valence-electron chi connectivity index (χ0n) is 12.7. The van der Waals surface area contributed by atoms with Gasteiger partial charge in [0.05, 0.1) is 17.6 Å². The predicted molar refractivity (Wildman–Crippen MR) is 79.9 cm³/mol. The van der Waals surface area contributed by atoms with Crippen LogP contribution in [0.5, 0.6) is 0 Å². The first-order chi connectivity index (χ1) is 10.6. The number of nitrogens with one attached hydrogen (secondary N) is 1. The third kappa shape index (κ3) is 2.63. The number of carbonyl (C=O) groups is 1.